The fourth-order valence-corrected chi connectivity index (χ4v) is 2.82. The minimum absolute atomic E-state index is 0.184. The van der Waals surface area contributed by atoms with Crippen LogP contribution in [0, 0.1) is 0 Å². The third-order valence-electron chi connectivity index (χ3n) is 3.97. The summed E-state index contributed by atoms with van der Waals surface area (Å²) in [7, 11) is 0. The zero-order valence-corrected chi connectivity index (χ0v) is 13.1. The normalized spacial score (nSPS) is 15.0. The number of benzene rings is 1. The molecule has 114 valence electrons. The minimum Gasteiger partial charge on any atom is -0.368 e. The maximum absolute atomic E-state index is 12.4. The Hall–Kier alpha value is -2.07. The number of hydrogen-bond acceptors (Lipinski definition) is 2. The van der Waals surface area contributed by atoms with Crippen molar-refractivity contribution in [2.24, 2.45) is 0 Å². The summed E-state index contributed by atoms with van der Waals surface area (Å²) in [5, 5.41) is 0.699. The highest BCUT2D eigenvalue weighted by atomic mass is 35.5. The quantitative estimate of drug-likeness (QED) is 0.869. The van der Waals surface area contributed by atoms with E-state index in [0.29, 0.717) is 11.4 Å². The first kappa shape index (κ1) is 14.9. The summed E-state index contributed by atoms with van der Waals surface area (Å²) in [4.78, 5) is 19.6. The van der Waals surface area contributed by atoms with Crippen LogP contribution in [0.3, 0.4) is 0 Å². The number of carbonyl (C=O) groups is 1. The van der Waals surface area contributed by atoms with Crippen molar-refractivity contribution in [2.75, 3.05) is 31.1 Å². The van der Waals surface area contributed by atoms with Crippen LogP contribution in [0.2, 0.25) is 5.02 Å². The molecule has 0 radical (unpaired) electrons. The highest BCUT2D eigenvalue weighted by Gasteiger charge is 2.21. The molecule has 0 aliphatic carbocycles. The van der Waals surface area contributed by atoms with E-state index in [9.17, 15) is 4.79 Å². The first-order valence-corrected chi connectivity index (χ1v) is 7.83. The van der Waals surface area contributed by atoms with Gasteiger partial charge in [0.1, 0.15) is 0 Å². The molecular formula is C17H19ClN3O+. The Balaban J connectivity index is 1.54. The number of halogens is 1. The van der Waals surface area contributed by atoms with Gasteiger partial charge in [0, 0.05) is 49.0 Å². The lowest BCUT2D eigenvalue weighted by molar-refractivity contribution is -0.377. The van der Waals surface area contributed by atoms with Gasteiger partial charge in [-0.05, 0) is 17.7 Å². The van der Waals surface area contributed by atoms with Crippen LogP contribution in [0.25, 0.3) is 0 Å². The van der Waals surface area contributed by atoms with Gasteiger partial charge >= 0.3 is 0 Å². The van der Waals surface area contributed by atoms with Crippen LogP contribution in [0.1, 0.15) is 5.56 Å². The summed E-state index contributed by atoms with van der Waals surface area (Å²) >= 11 is 5.87. The van der Waals surface area contributed by atoms with Crippen molar-refractivity contribution in [2.45, 2.75) is 6.42 Å². The highest BCUT2D eigenvalue weighted by Crippen LogP contribution is 2.15. The third kappa shape index (κ3) is 3.57. The van der Waals surface area contributed by atoms with Gasteiger partial charge in [-0.3, -0.25) is 4.79 Å². The molecule has 1 N–H and O–H groups in total. The van der Waals surface area contributed by atoms with E-state index in [1.807, 2.05) is 41.6 Å². The number of piperazine rings is 1. The van der Waals surface area contributed by atoms with Crippen LogP contribution in [0.15, 0.2) is 48.8 Å². The van der Waals surface area contributed by atoms with E-state index >= 15 is 0 Å². The zero-order chi connectivity index (χ0) is 15.4. The summed E-state index contributed by atoms with van der Waals surface area (Å²) in [6.45, 7) is 3.28. The molecule has 4 nitrogen and oxygen atoms in total. The molecular weight excluding hydrogens is 298 g/mol. The van der Waals surface area contributed by atoms with E-state index in [1.54, 1.807) is 0 Å². The van der Waals surface area contributed by atoms with Crippen molar-refractivity contribution in [1.29, 1.82) is 0 Å². The molecule has 1 aromatic heterocycles. The van der Waals surface area contributed by atoms with E-state index in [4.69, 9.17) is 11.6 Å². The summed E-state index contributed by atoms with van der Waals surface area (Å²) in [6.07, 6.45) is 4.29. The largest absolute Gasteiger partial charge is 0.368 e. The van der Waals surface area contributed by atoms with Gasteiger partial charge in [-0.1, -0.05) is 23.7 Å². The molecule has 22 heavy (non-hydrogen) atoms. The molecule has 0 spiro atoms. The Kier molecular flexibility index (Phi) is 4.59. The standard InChI is InChI=1S/C17H18ClN3O/c18-15-3-1-14(2-4-15)13-17(22)21-11-9-20(10-12-21)16-5-7-19-8-6-16/h1-8H,9-13H2/p+1. The van der Waals surface area contributed by atoms with Gasteiger partial charge < -0.3 is 9.80 Å². The summed E-state index contributed by atoms with van der Waals surface area (Å²) in [6, 6.07) is 11.6. The van der Waals surface area contributed by atoms with Crippen LogP contribution < -0.4 is 9.88 Å². The topological polar surface area (TPSA) is 37.7 Å². The van der Waals surface area contributed by atoms with E-state index in [-0.39, 0.29) is 5.91 Å². The number of carbonyl (C=O) groups excluding carboxylic acids is 1. The van der Waals surface area contributed by atoms with E-state index in [2.05, 4.69) is 22.0 Å². The number of amides is 1. The molecule has 1 amide bonds. The number of nitrogens with zero attached hydrogens (tertiary/aromatic N) is 2. The third-order valence-corrected chi connectivity index (χ3v) is 4.22. The smallest absolute Gasteiger partial charge is 0.227 e. The number of nitrogens with one attached hydrogen (secondary N) is 1. The van der Waals surface area contributed by atoms with Crippen LogP contribution in [0.4, 0.5) is 5.69 Å². The predicted octanol–water partition coefficient (Wildman–Crippen LogP) is 2.05. The van der Waals surface area contributed by atoms with Crippen molar-refractivity contribution >= 4 is 23.2 Å². The summed E-state index contributed by atoms with van der Waals surface area (Å²) < 4.78 is 0. The Bertz CT molecular complexity index is 622. The van der Waals surface area contributed by atoms with Crippen molar-refractivity contribution in [1.82, 2.24) is 4.90 Å². The van der Waals surface area contributed by atoms with Crippen molar-refractivity contribution in [3.05, 3.63) is 59.4 Å². The van der Waals surface area contributed by atoms with Crippen molar-refractivity contribution in [3.8, 4) is 0 Å². The predicted molar refractivity (Wildman–Crippen MR) is 86.9 cm³/mol. The molecule has 1 aliphatic heterocycles. The second-order valence-electron chi connectivity index (χ2n) is 5.43. The van der Waals surface area contributed by atoms with Gasteiger partial charge in [0.15, 0.2) is 12.4 Å². The number of aromatic nitrogens is 1. The van der Waals surface area contributed by atoms with Crippen molar-refractivity contribution < 1.29 is 9.78 Å². The molecule has 0 bridgehead atoms. The van der Waals surface area contributed by atoms with Gasteiger partial charge in [-0.2, -0.15) is 0 Å². The van der Waals surface area contributed by atoms with Crippen molar-refractivity contribution in [3.63, 3.8) is 0 Å². The van der Waals surface area contributed by atoms with Gasteiger partial charge in [0.05, 0.1) is 6.42 Å². The Morgan fingerprint density at radius 1 is 1.00 bits per heavy atom. The average molecular weight is 317 g/mol. The fraction of sp³-hybridized carbons (Fsp3) is 0.294. The first-order valence-electron chi connectivity index (χ1n) is 7.46. The number of H-pyrrole nitrogens is 1. The van der Waals surface area contributed by atoms with Gasteiger partial charge in [-0.25, -0.2) is 4.98 Å². The Morgan fingerprint density at radius 2 is 1.64 bits per heavy atom. The van der Waals surface area contributed by atoms with Crippen LogP contribution in [-0.2, 0) is 11.2 Å². The molecule has 3 rings (SSSR count). The number of rotatable bonds is 3. The lowest BCUT2D eigenvalue weighted by Crippen LogP contribution is -2.49. The molecule has 0 unspecified atom stereocenters. The van der Waals surface area contributed by atoms with Gasteiger partial charge in [0.2, 0.25) is 5.91 Å². The number of anilines is 1. The number of aromatic amines is 1. The van der Waals surface area contributed by atoms with E-state index in [1.165, 1.54) is 5.69 Å². The molecule has 0 saturated carbocycles. The molecule has 1 aliphatic rings. The van der Waals surface area contributed by atoms with Crippen LogP contribution >= 0.6 is 11.6 Å². The van der Waals surface area contributed by atoms with Gasteiger partial charge in [-0.15, -0.1) is 0 Å². The molecule has 1 saturated heterocycles. The molecule has 2 aromatic rings. The Morgan fingerprint density at radius 3 is 2.27 bits per heavy atom. The zero-order valence-electron chi connectivity index (χ0n) is 12.3. The number of pyridine rings is 1. The maximum Gasteiger partial charge on any atom is 0.227 e. The lowest BCUT2D eigenvalue weighted by atomic mass is 10.1. The second-order valence-corrected chi connectivity index (χ2v) is 5.87. The molecule has 0 atom stereocenters. The van der Waals surface area contributed by atoms with Gasteiger partial charge in [0.25, 0.3) is 0 Å². The SMILES string of the molecule is O=C(Cc1ccc(Cl)cc1)N1CCN(c2cc[nH+]cc2)CC1. The summed E-state index contributed by atoms with van der Waals surface area (Å²) in [5.74, 6) is 0.184. The molecule has 1 aromatic carbocycles. The molecule has 2 heterocycles. The second kappa shape index (κ2) is 6.79. The number of hydrogen-bond donors (Lipinski definition) is 0. The average Bonchev–Trinajstić information content (AvgIpc) is 2.58. The minimum atomic E-state index is 0.184. The molecule has 1 fully saturated rings. The maximum atomic E-state index is 12.4. The Labute approximate surface area is 135 Å². The molecule has 5 heteroatoms. The lowest BCUT2D eigenvalue weighted by Gasteiger charge is -2.35. The monoisotopic (exact) mass is 316 g/mol. The highest BCUT2D eigenvalue weighted by molar-refractivity contribution is 6.30. The fourth-order valence-electron chi connectivity index (χ4n) is 2.69. The van der Waals surface area contributed by atoms with Crippen LogP contribution in [0.5, 0.6) is 0 Å². The van der Waals surface area contributed by atoms with E-state index in [0.717, 1.165) is 31.7 Å². The van der Waals surface area contributed by atoms with E-state index < -0.39 is 0 Å². The first-order chi connectivity index (χ1) is 10.7. The van der Waals surface area contributed by atoms with Crippen LogP contribution in [-0.4, -0.2) is 37.0 Å². The summed E-state index contributed by atoms with van der Waals surface area (Å²) in [5.41, 5.74) is 2.21.